The van der Waals surface area contributed by atoms with E-state index in [1.807, 2.05) is 0 Å². The molecule has 0 spiro atoms. The van der Waals surface area contributed by atoms with Crippen LogP contribution in [0.3, 0.4) is 0 Å². The van der Waals surface area contributed by atoms with Crippen molar-refractivity contribution in [1.82, 2.24) is 0 Å². The molecular weight excluding hydrogens is 216 g/mol. The van der Waals surface area contributed by atoms with Crippen molar-refractivity contribution in [3.05, 3.63) is 0 Å². The first kappa shape index (κ1) is 17.6. The van der Waals surface area contributed by atoms with Crippen LogP contribution in [0.15, 0.2) is 0 Å². The first-order chi connectivity index (χ1) is 8.91. The summed E-state index contributed by atoms with van der Waals surface area (Å²) in [6, 6.07) is 0. The first-order valence-corrected chi connectivity index (χ1v) is 8.37. The van der Waals surface area contributed by atoms with E-state index in [2.05, 4.69) is 25.7 Å². The van der Waals surface area contributed by atoms with Gasteiger partial charge in [0, 0.05) is 12.8 Å². The minimum atomic E-state index is 1.08. The molecule has 0 fully saturated rings. The van der Waals surface area contributed by atoms with Gasteiger partial charge in [-0.3, -0.25) is 0 Å². The number of hydrogen-bond donors (Lipinski definition) is 0. The SMILES string of the molecule is CCCC#CCCCCCCCCCCCCC. The van der Waals surface area contributed by atoms with Crippen molar-refractivity contribution in [2.75, 3.05) is 0 Å². The molecule has 0 nitrogen and oxygen atoms in total. The zero-order valence-electron chi connectivity index (χ0n) is 12.9. The molecule has 0 aliphatic heterocycles. The van der Waals surface area contributed by atoms with Crippen molar-refractivity contribution >= 4 is 0 Å². The van der Waals surface area contributed by atoms with Crippen molar-refractivity contribution in [3.8, 4) is 11.8 Å². The Bertz CT molecular complexity index is 194. The van der Waals surface area contributed by atoms with E-state index in [1.165, 1.54) is 77.0 Å². The van der Waals surface area contributed by atoms with Gasteiger partial charge in [0.05, 0.1) is 0 Å². The summed E-state index contributed by atoms with van der Waals surface area (Å²) >= 11 is 0. The molecular formula is C18H34. The molecule has 0 heteroatoms. The predicted molar refractivity (Wildman–Crippen MR) is 83.8 cm³/mol. The summed E-state index contributed by atoms with van der Waals surface area (Å²) in [5.41, 5.74) is 0. The first-order valence-electron chi connectivity index (χ1n) is 8.37. The third-order valence-electron chi connectivity index (χ3n) is 3.41. The fourth-order valence-electron chi connectivity index (χ4n) is 2.18. The highest BCUT2D eigenvalue weighted by Gasteiger charge is 1.92. The van der Waals surface area contributed by atoms with Crippen molar-refractivity contribution < 1.29 is 0 Å². The van der Waals surface area contributed by atoms with E-state index in [0.29, 0.717) is 0 Å². The summed E-state index contributed by atoms with van der Waals surface area (Å²) in [4.78, 5) is 0. The van der Waals surface area contributed by atoms with E-state index < -0.39 is 0 Å². The van der Waals surface area contributed by atoms with Gasteiger partial charge >= 0.3 is 0 Å². The molecule has 0 saturated heterocycles. The summed E-state index contributed by atoms with van der Waals surface area (Å²) < 4.78 is 0. The second kappa shape index (κ2) is 16.6. The maximum absolute atomic E-state index is 3.27. The fourth-order valence-corrected chi connectivity index (χ4v) is 2.18. The second-order valence-electron chi connectivity index (χ2n) is 5.39. The molecule has 0 aromatic heterocycles. The molecule has 0 saturated carbocycles. The molecule has 0 aliphatic rings. The lowest BCUT2D eigenvalue weighted by Crippen LogP contribution is -1.82. The molecule has 0 heterocycles. The topological polar surface area (TPSA) is 0 Å². The van der Waals surface area contributed by atoms with Crippen molar-refractivity contribution in [3.63, 3.8) is 0 Å². The fraction of sp³-hybridized carbons (Fsp3) is 0.889. The largest absolute Gasteiger partial charge is 0.103 e. The van der Waals surface area contributed by atoms with Gasteiger partial charge in [0.15, 0.2) is 0 Å². The molecule has 18 heavy (non-hydrogen) atoms. The Morgan fingerprint density at radius 3 is 1.39 bits per heavy atom. The van der Waals surface area contributed by atoms with Gasteiger partial charge in [-0.25, -0.2) is 0 Å². The van der Waals surface area contributed by atoms with Crippen LogP contribution < -0.4 is 0 Å². The molecule has 0 amide bonds. The molecule has 0 rings (SSSR count). The third kappa shape index (κ3) is 15.6. The molecule has 106 valence electrons. The van der Waals surface area contributed by atoms with Crippen LogP contribution in [-0.4, -0.2) is 0 Å². The Labute approximate surface area is 116 Å². The molecule has 0 atom stereocenters. The normalized spacial score (nSPS) is 10.1. The minimum Gasteiger partial charge on any atom is -0.103 e. The Kier molecular flexibility index (Phi) is 16.2. The van der Waals surface area contributed by atoms with Crippen molar-refractivity contribution in [2.45, 2.75) is 104 Å². The summed E-state index contributed by atoms with van der Waals surface area (Å²) in [7, 11) is 0. The van der Waals surface area contributed by atoms with Gasteiger partial charge < -0.3 is 0 Å². The van der Waals surface area contributed by atoms with Crippen molar-refractivity contribution in [1.29, 1.82) is 0 Å². The smallest absolute Gasteiger partial charge is 0.00886 e. The Hall–Kier alpha value is -0.440. The summed E-state index contributed by atoms with van der Waals surface area (Å²) in [6.07, 6.45) is 19.0. The average Bonchev–Trinajstić information content (AvgIpc) is 2.39. The standard InChI is InChI=1S/C18H34/c1-3-5-7-9-11-13-15-17-18-16-14-12-10-8-6-4-2/h3-7,9,11-18H2,1-2H3. The maximum atomic E-state index is 3.27. The Morgan fingerprint density at radius 2 is 0.889 bits per heavy atom. The van der Waals surface area contributed by atoms with Crippen LogP contribution in [-0.2, 0) is 0 Å². The van der Waals surface area contributed by atoms with Crippen LogP contribution in [0.25, 0.3) is 0 Å². The molecule has 0 N–H and O–H groups in total. The lowest BCUT2D eigenvalue weighted by molar-refractivity contribution is 0.551. The van der Waals surface area contributed by atoms with Crippen molar-refractivity contribution in [2.24, 2.45) is 0 Å². The zero-order chi connectivity index (χ0) is 13.3. The van der Waals surface area contributed by atoms with Gasteiger partial charge in [0.25, 0.3) is 0 Å². The second-order valence-corrected chi connectivity index (χ2v) is 5.39. The van der Waals surface area contributed by atoms with Gasteiger partial charge in [-0.1, -0.05) is 78.1 Å². The van der Waals surface area contributed by atoms with E-state index in [4.69, 9.17) is 0 Å². The lowest BCUT2D eigenvalue weighted by Gasteiger charge is -2.01. The highest BCUT2D eigenvalue weighted by molar-refractivity contribution is 4.98. The molecule has 0 unspecified atom stereocenters. The number of unbranched alkanes of at least 4 members (excludes halogenated alkanes) is 12. The molecule has 0 radical (unpaired) electrons. The molecule has 0 aromatic rings. The summed E-state index contributed by atoms with van der Waals surface area (Å²) in [5.74, 6) is 6.49. The predicted octanol–water partition coefficient (Wildman–Crippen LogP) is 6.49. The van der Waals surface area contributed by atoms with E-state index in [0.717, 1.165) is 12.8 Å². The third-order valence-corrected chi connectivity index (χ3v) is 3.41. The van der Waals surface area contributed by atoms with Crippen LogP contribution in [0.4, 0.5) is 0 Å². The van der Waals surface area contributed by atoms with E-state index in [9.17, 15) is 0 Å². The van der Waals surface area contributed by atoms with Gasteiger partial charge in [0.2, 0.25) is 0 Å². The highest BCUT2D eigenvalue weighted by atomic mass is 14.0. The molecule has 0 aliphatic carbocycles. The Balaban J connectivity index is 2.97. The van der Waals surface area contributed by atoms with Gasteiger partial charge in [-0.05, 0) is 12.8 Å². The van der Waals surface area contributed by atoms with Crippen LogP contribution in [0.1, 0.15) is 104 Å². The van der Waals surface area contributed by atoms with E-state index in [1.54, 1.807) is 0 Å². The van der Waals surface area contributed by atoms with Crippen LogP contribution >= 0.6 is 0 Å². The van der Waals surface area contributed by atoms with Crippen LogP contribution in [0.5, 0.6) is 0 Å². The van der Waals surface area contributed by atoms with E-state index >= 15 is 0 Å². The minimum absolute atomic E-state index is 1.08. The summed E-state index contributed by atoms with van der Waals surface area (Å²) in [6.45, 7) is 4.48. The lowest BCUT2D eigenvalue weighted by atomic mass is 10.1. The molecule has 0 bridgehead atoms. The quantitative estimate of drug-likeness (QED) is 0.274. The monoisotopic (exact) mass is 250 g/mol. The summed E-state index contributed by atoms with van der Waals surface area (Å²) in [5, 5.41) is 0. The number of rotatable bonds is 12. The number of hydrogen-bond acceptors (Lipinski definition) is 0. The molecule has 0 aromatic carbocycles. The van der Waals surface area contributed by atoms with Gasteiger partial charge in [0.1, 0.15) is 0 Å². The maximum Gasteiger partial charge on any atom is 0.00886 e. The van der Waals surface area contributed by atoms with Gasteiger partial charge in [-0.15, -0.1) is 11.8 Å². The average molecular weight is 250 g/mol. The highest BCUT2D eigenvalue weighted by Crippen LogP contribution is 2.11. The van der Waals surface area contributed by atoms with Crippen LogP contribution in [0.2, 0.25) is 0 Å². The van der Waals surface area contributed by atoms with Crippen LogP contribution in [0, 0.1) is 11.8 Å². The van der Waals surface area contributed by atoms with Gasteiger partial charge in [-0.2, -0.15) is 0 Å². The zero-order valence-corrected chi connectivity index (χ0v) is 12.9. The van der Waals surface area contributed by atoms with E-state index in [-0.39, 0.29) is 0 Å². The Morgan fingerprint density at radius 1 is 0.444 bits per heavy atom.